The lowest BCUT2D eigenvalue weighted by atomic mass is 9.96. The molecule has 4 atom stereocenters. The number of carbonyl (C=O) groups is 4. The first-order valence-corrected chi connectivity index (χ1v) is 17.6. The Morgan fingerprint density at radius 2 is 1.45 bits per heavy atom. The van der Waals surface area contributed by atoms with E-state index in [1.807, 2.05) is 46.2 Å². The molecule has 0 spiro atoms. The number of carbonyl (C=O) groups excluding carboxylic acids is 4. The molecule has 254 valence electrons. The van der Waals surface area contributed by atoms with Gasteiger partial charge in [0, 0.05) is 50.8 Å². The van der Waals surface area contributed by atoms with Crippen LogP contribution in [0.15, 0.2) is 60.7 Å². The number of nitrogens with zero attached hydrogens (tertiary/aromatic N) is 4. The second-order valence-electron chi connectivity index (χ2n) is 14.6. The van der Waals surface area contributed by atoms with Crippen LogP contribution in [0.4, 0.5) is 0 Å². The summed E-state index contributed by atoms with van der Waals surface area (Å²) in [5.41, 5.74) is 2.29. The second-order valence-corrected chi connectivity index (χ2v) is 14.6. The van der Waals surface area contributed by atoms with Crippen LogP contribution < -0.4 is 5.32 Å². The van der Waals surface area contributed by atoms with Crippen molar-refractivity contribution in [1.82, 2.24) is 24.9 Å². The third kappa shape index (κ3) is 8.80. The van der Waals surface area contributed by atoms with Crippen molar-refractivity contribution >= 4 is 23.6 Å². The summed E-state index contributed by atoms with van der Waals surface area (Å²) < 4.78 is 0. The summed E-state index contributed by atoms with van der Waals surface area (Å²) in [7, 11) is 0. The molecule has 0 saturated carbocycles. The summed E-state index contributed by atoms with van der Waals surface area (Å²) in [6.45, 7) is 12.1. The van der Waals surface area contributed by atoms with E-state index in [1.165, 1.54) is 0 Å². The molecule has 0 unspecified atom stereocenters. The highest BCUT2D eigenvalue weighted by Crippen LogP contribution is 2.27. The van der Waals surface area contributed by atoms with Gasteiger partial charge in [-0.05, 0) is 68.0 Å². The van der Waals surface area contributed by atoms with Crippen molar-refractivity contribution in [2.45, 2.75) is 90.4 Å². The van der Waals surface area contributed by atoms with Gasteiger partial charge in [-0.15, -0.1) is 0 Å². The number of hydrogen-bond donors (Lipinski definition) is 1. The lowest BCUT2D eigenvalue weighted by Crippen LogP contribution is -2.64. The van der Waals surface area contributed by atoms with E-state index < -0.39 is 23.6 Å². The van der Waals surface area contributed by atoms with E-state index in [0.717, 1.165) is 43.4 Å². The summed E-state index contributed by atoms with van der Waals surface area (Å²) in [6, 6.07) is 20.2. The minimum atomic E-state index is -0.522. The molecule has 3 aliphatic heterocycles. The fourth-order valence-corrected chi connectivity index (χ4v) is 7.74. The molecule has 0 bridgehead atoms. The van der Waals surface area contributed by atoms with Crippen molar-refractivity contribution in [2.24, 2.45) is 11.8 Å². The summed E-state index contributed by atoms with van der Waals surface area (Å²) in [5, 5.41) is 2.78. The molecule has 3 aliphatic rings. The second kappa shape index (κ2) is 15.9. The lowest BCUT2D eigenvalue weighted by molar-refractivity contribution is -0.161. The van der Waals surface area contributed by atoms with E-state index in [2.05, 4.69) is 62.2 Å². The highest BCUT2D eigenvalue weighted by atomic mass is 16.2. The maximum Gasteiger partial charge on any atom is 0.312 e. The molecular weight excluding hydrogens is 590 g/mol. The first-order valence-electron chi connectivity index (χ1n) is 17.6. The Balaban J connectivity index is 1.35. The van der Waals surface area contributed by atoms with E-state index in [1.54, 1.807) is 4.90 Å². The minimum Gasteiger partial charge on any atom is -0.346 e. The topological polar surface area (TPSA) is 93.3 Å². The lowest BCUT2D eigenvalue weighted by Gasteiger charge is -2.46. The molecule has 5 rings (SSSR count). The van der Waals surface area contributed by atoms with Crippen molar-refractivity contribution in [2.75, 3.05) is 39.3 Å². The van der Waals surface area contributed by atoms with Gasteiger partial charge in [0.15, 0.2) is 0 Å². The van der Waals surface area contributed by atoms with Crippen LogP contribution in [0.5, 0.6) is 0 Å². The number of benzene rings is 2. The summed E-state index contributed by atoms with van der Waals surface area (Å²) >= 11 is 0. The average molecular weight is 644 g/mol. The third-order valence-electron chi connectivity index (χ3n) is 10.0. The number of nitrogens with one attached hydrogen (secondary N) is 1. The summed E-state index contributed by atoms with van der Waals surface area (Å²) in [5.74, 6) is -1.06. The number of rotatable bonds is 14. The standard InChI is InChI=1S/C38H53N5O4/c1-27(2)20-32-23-39-35(44)36(45)42(32)25-31-16-11-18-40(31)24-33(21-28(3)4)43-26-34(22-30-14-9-6-10-15-30)41(37(46)38(43)47)19-17-29-12-7-5-8-13-29/h5-10,12-15,27-28,31-34H,11,16-26H2,1-4H3,(H,39,44)/t31-,32+,33+,34+/m1/s1. The molecule has 0 radical (unpaired) electrons. The minimum absolute atomic E-state index is 0.0176. The first-order chi connectivity index (χ1) is 22.6. The highest BCUT2D eigenvalue weighted by Gasteiger charge is 2.43. The fraction of sp³-hybridized carbons (Fsp3) is 0.579. The predicted octanol–water partition coefficient (Wildman–Crippen LogP) is 3.76. The fourth-order valence-electron chi connectivity index (χ4n) is 7.74. The monoisotopic (exact) mass is 643 g/mol. The van der Waals surface area contributed by atoms with Gasteiger partial charge in [0.05, 0.1) is 6.04 Å². The van der Waals surface area contributed by atoms with Gasteiger partial charge in [-0.25, -0.2) is 0 Å². The van der Waals surface area contributed by atoms with Gasteiger partial charge in [-0.2, -0.15) is 0 Å². The van der Waals surface area contributed by atoms with Gasteiger partial charge in [-0.3, -0.25) is 24.1 Å². The Labute approximate surface area is 280 Å². The van der Waals surface area contributed by atoms with Crippen LogP contribution in [0.1, 0.15) is 64.5 Å². The number of likely N-dealkylation sites (tertiary alicyclic amines) is 1. The van der Waals surface area contributed by atoms with Crippen LogP contribution in [-0.2, 0) is 32.0 Å². The van der Waals surface area contributed by atoms with Crippen LogP contribution >= 0.6 is 0 Å². The van der Waals surface area contributed by atoms with Crippen molar-refractivity contribution in [3.05, 3.63) is 71.8 Å². The van der Waals surface area contributed by atoms with Crippen LogP contribution in [-0.4, -0.2) is 107 Å². The average Bonchev–Trinajstić information content (AvgIpc) is 3.48. The largest absolute Gasteiger partial charge is 0.346 e. The summed E-state index contributed by atoms with van der Waals surface area (Å²) in [4.78, 5) is 61.3. The zero-order chi connectivity index (χ0) is 33.5. The van der Waals surface area contributed by atoms with Crippen LogP contribution in [0.3, 0.4) is 0 Å². The molecule has 0 aromatic heterocycles. The molecule has 3 fully saturated rings. The number of piperazine rings is 2. The van der Waals surface area contributed by atoms with E-state index >= 15 is 0 Å². The van der Waals surface area contributed by atoms with Gasteiger partial charge in [0.1, 0.15) is 0 Å². The van der Waals surface area contributed by atoms with Crippen molar-refractivity contribution in [3.63, 3.8) is 0 Å². The van der Waals surface area contributed by atoms with E-state index in [9.17, 15) is 19.2 Å². The van der Waals surface area contributed by atoms with Gasteiger partial charge < -0.3 is 20.0 Å². The SMILES string of the molecule is CC(C)C[C@H]1CNC(=O)C(=O)N1C[C@H]1CCCN1C[C@H](CC(C)C)N1C[C@H](Cc2ccccc2)N(CCc2ccccc2)C(=O)C1=O. The molecule has 9 nitrogen and oxygen atoms in total. The molecule has 1 N–H and O–H groups in total. The molecule has 3 saturated heterocycles. The maximum atomic E-state index is 14.0. The number of amides is 4. The molecule has 2 aromatic rings. The van der Waals surface area contributed by atoms with Crippen LogP contribution in [0.25, 0.3) is 0 Å². The van der Waals surface area contributed by atoms with Gasteiger partial charge in [-0.1, -0.05) is 88.4 Å². The predicted molar refractivity (Wildman–Crippen MR) is 183 cm³/mol. The number of hydrogen-bond acceptors (Lipinski definition) is 5. The van der Waals surface area contributed by atoms with Gasteiger partial charge in [0.25, 0.3) is 0 Å². The molecule has 0 aliphatic carbocycles. The van der Waals surface area contributed by atoms with Crippen LogP contribution in [0.2, 0.25) is 0 Å². The first kappa shape index (κ1) is 34.6. The highest BCUT2D eigenvalue weighted by molar-refractivity contribution is 6.36. The Bertz CT molecular complexity index is 1370. The molecule has 3 heterocycles. The van der Waals surface area contributed by atoms with Crippen LogP contribution in [0, 0.1) is 11.8 Å². The Kier molecular flexibility index (Phi) is 11.7. The molecule has 2 aromatic carbocycles. The van der Waals surface area contributed by atoms with E-state index in [-0.39, 0.29) is 24.2 Å². The Morgan fingerprint density at radius 3 is 2.11 bits per heavy atom. The Morgan fingerprint density at radius 1 is 0.766 bits per heavy atom. The zero-order valence-corrected chi connectivity index (χ0v) is 28.6. The van der Waals surface area contributed by atoms with E-state index in [0.29, 0.717) is 57.4 Å². The van der Waals surface area contributed by atoms with Crippen molar-refractivity contribution in [1.29, 1.82) is 0 Å². The molecule has 47 heavy (non-hydrogen) atoms. The summed E-state index contributed by atoms with van der Waals surface area (Å²) in [6.07, 6.45) is 4.93. The van der Waals surface area contributed by atoms with Gasteiger partial charge in [0.2, 0.25) is 0 Å². The molecule has 4 amide bonds. The smallest absolute Gasteiger partial charge is 0.312 e. The van der Waals surface area contributed by atoms with Crippen molar-refractivity contribution in [3.8, 4) is 0 Å². The van der Waals surface area contributed by atoms with Crippen molar-refractivity contribution < 1.29 is 19.2 Å². The quantitative estimate of drug-likeness (QED) is 0.317. The molecule has 9 heteroatoms. The molecular formula is C38H53N5O4. The normalized spacial score (nSPS) is 23.3. The van der Waals surface area contributed by atoms with Gasteiger partial charge >= 0.3 is 23.6 Å². The Hall–Kier alpha value is -3.72. The zero-order valence-electron chi connectivity index (χ0n) is 28.6. The third-order valence-corrected chi connectivity index (χ3v) is 10.0. The maximum absolute atomic E-state index is 14.0. The van der Waals surface area contributed by atoms with E-state index in [4.69, 9.17) is 0 Å².